The number of rotatable bonds is 3. The van der Waals surface area contributed by atoms with E-state index in [1.807, 2.05) is 0 Å². The molecule has 0 saturated heterocycles. The minimum absolute atomic E-state index is 0.167. The molecule has 0 heterocycles. The highest BCUT2D eigenvalue weighted by atomic mass is 79.9. The number of nitrogens with one attached hydrogen (secondary N) is 1. The summed E-state index contributed by atoms with van der Waals surface area (Å²) in [6, 6.07) is 4.47. The van der Waals surface area contributed by atoms with Crippen LogP contribution in [0.2, 0.25) is 0 Å². The Hall–Kier alpha value is -0.900. The van der Waals surface area contributed by atoms with Gasteiger partial charge in [-0.15, -0.1) is 0 Å². The molecule has 0 aromatic heterocycles. The van der Waals surface area contributed by atoms with Crippen LogP contribution in [0, 0.1) is 23.6 Å². The fraction of sp³-hybridized carbons (Fsp3) is 0.562. The molecule has 2 nitrogen and oxygen atoms in total. The Morgan fingerprint density at radius 2 is 2.15 bits per heavy atom. The van der Waals surface area contributed by atoms with Crippen LogP contribution in [-0.2, 0) is 0 Å². The SMILES string of the molecule is CC(NC(=O)c1cc(F)cc(Br)c1)C1CC2CCC1C2. The standard InChI is InChI=1S/C16H19BrFNO/c1-9(15-5-10-2-3-11(15)4-10)19-16(20)12-6-13(17)8-14(18)7-12/h6-11,15H,2-5H2,1H3,(H,19,20). The molecule has 1 amide bonds. The quantitative estimate of drug-likeness (QED) is 0.880. The fourth-order valence-electron chi connectivity index (χ4n) is 3.99. The summed E-state index contributed by atoms with van der Waals surface area (Å²) < 4.78 is 13.9. The highest BCUT2D eigenvalue weighted by Crippen LogP contribution is 2.49. The van der Waals surface area contributed by atoms with E-state index in [-0.39, 0.29) is 11.9 Å². The van der Waals surface area contributed by atoms with Crippen molar-refractivity contribution in [3.8, 4) is 0 Å². The monoisotopic (exact) mass is 339 g/mol. The first kappa shape index (κ1) is 14.1. The van der Waals surface area contributed by atoms with Gasteiger partial charge in [0.05, 0.1) is 0 Å². The van der Waals surface area contributed by atoms with Gasteiger partial charge in [-0.2, -0.15) is 0 Å². The smallest absolute Gasteiger partial charge is 0.251 e. The van der Waals surface area contributed by atoms with Crippen molar-refractivity contribution in [3.63, 3.8) is 0 Å². The Kier molecular flexibility index (Phi) is 3.85. The van der Waals surface area contributed by atoms with E-state index in [0.717, 1.165) is 11.8 Å². The first-order chi connectivity index (χ1) is 9.52. The normalized spacial score (nSPS) is 29.4. The minimum Gasteiger partial charge on any atom is -0.349 e. The molecule has 2 fully saturated rings. The maximum Gasteiger partial charge on any atom is 0.251 e. The number of hydrogen-bond donors (Lipinski definition) is 1. The molecule has 1 aromatic rings. The Balaban J connectivity index is 1.66. The molecular weight excluding hydrogens is 321 g/mol. The zero-order chi connectivity index (χ0) is 14.3. The van der Waals surface area contributed by atoms with E-state index in [0.29, 0.717) is 16.0 Å². The maximum absolute atomic E-state index is 13.3. The van der Waals surface area contributed by atoms with Gasteiger partial charge in [0.1, 0.15) is 5.82 Å². The molecule has 1 aromatic carbocycles. The molecule has 20 heavy (non-hydrogen) atoms. The molecule has 4 unspecified atom stereocenters. The van der Waals surface area contributed by atoms with E-state index in [1.165, 1.54) is 37.8 Å². The molecule has 0 spiro atoms. The number of halogens is 2. The van der Waals surface area contributed by atoms with Gasteiger partial charge in [0, 0.05) is 16.1 Å². The third kappa shape index (κ3) is 2.76. The van der Waals surface area contributed by atoms with Gasteiger partial charge in [0.25, 0.3) is 5.91 Å². The van der Waals surface area contributed by atoms with Crippen LogP contribution in [0.4, 0.5) is 4.39 Å². The first-order valence-corrected chi connectivity index (χ1v) is 8.09. The van der Waals surface area contributed by atoms with E-state index in [1.54, 1.807) is 6.07 Å². The first-order valence-electron chi connectivity index (χ1n) is 7.30. The Morgan fingerprint density at radius 1 is 1.35 bits per heavy atom. The Labute approximate surface area is 127 Å². The van der Waals surface area contributed by atoms with Crippen LogP contribution in [0.15, 0.2) is 22.7 Å². The molecule has 2 aliphatic carbocycles. The fourth-order valence-corrected chi connectivity index (χ4v) is 4.45. The van der Waals surface area contributed by atoms with Gasteiger partial charge < -0.3 is 5.32 Å². The molecule has 108 valence electrons. The van der Waals surface area contributed by atoms with Crippen molar-refractivity contribution in [2.75, 3.05) is 0 Å². The zero-order valence-corrected chi connectivity index (χ0v) is 13.1. The number of fused-ring (bicyclic) bond motifs is 2. The number of hydrogen-bond acceptors (Lipinski definition) is 1. The third-order valence-corrected chi connectivity index (χ3v) is 5.38. The van der Waals surface area contributed by atoms with Gasteiger partial charge in [0.2, 0.25) is 0 Å². The second-order valence-electron chi connectivity index (χ2n) is 6.26. The summed E-state index contributed by atoms with van der Waals surface area (Å²) in [6.07, 6.45) is 5.23. The van der Waals surface area contributed by atoms with E-state index >= 15 is 0 Å². The van der Waals surface area contributed by atoms with Crippen LogP contribution < -0.4 is 5.32 Å². The minimum atomic E-state index is -0.392. The molecule has 0 aliphatic heterocycles. The van der Waals surface area contributed by atoms with Crippen molar-refractivity contribution >= 4 is 21.8 Å². The molecule has 3 rings (SSSR count). The van der Waals surface area contributed by atoms with Crippen molar-refractivity contribution < 1.29 is 9.18 Å². The summed E-state index contributed by atoms with van der Waals surface area (Å²) in [4.78, 5) is 12.2. The summed E-state index contributed by atoms with van der Waals surface area (Å²) in [5.74, 6) is 1.66. The van der Waals surface area contributed by atoms with Crippen molar-refractivity contribution in [2.45, 2.75) is 38.6 Å². The topological polar surface area (TPSA) is 29.1 Å². The van der Waals surface area contributed by atoms with E-state index in [2.05, 4.69) is 28.2 Å². The van der Waals surface area contributed by atoms with Crippen LogP contribution >= 0.6 is 15.9 Å². The largest absolute Gasteiger partial charge is 0.349 e. The van der Waals surface area contributed by atoms with Gasteiger partial charge >= 0.3 is 0 Å². The van der Waals surface area contributed by atoms with Gasteiger partial charge in [-0.3, -0.25) is 4.79 Å². The molecule has 2 bridgehead atoms. The predicted molar refractivity (Wildman–Crippen MR) is 80.0 cm³/mol. The van der Waals surface area contributed by atoms with Crippen molar-refractivity contribution in [2.24, 2.45) is 17.8 Å². The third-order valence-electron chi connectivity index (χ3n) is 4.92. The van der Waals surface area contributed by atoms with E-state index in [4.69, 9.17) is 0 Å². The molecule has 0 radical (unpaired) electrons. The molecular formula is C16H19BrFNO. The van der Waals surface area contributed by atoms with E-state index < -0.39 is 5.82 Å². The number of benzene rings is 1. The lowest BCUT2D eigenvalue weighted by Gasteiger charge is -2.28. The summed E-state index contributed by atoms with van der Waals surface area (Å²) in [5, 5.41) is 3.05. The van der Waals surface area contributed by atoms with Crippen LogP contribution in [0.1, 0.15) is 43.0 Å². The Bertz CT molecular complexity index is 513. The highest BCUT2D eigenvalue weighted by molar-refractivity contribution is 9.10. The highest BCUT2D eigenvalue weighted by Gasteiger charge is 2.42. The van der Waals surface area contributed by atoms with Gasteiger partial charge in [0.15, 0.2) is 0 Å². The summed E-state index contributed by atoms with van der Waals surface area (Å²) in [7, 11) is 0. The lowest BCUT2D eigenvalue weighted by Crippen LogP contribution is -2.40. The van der Waals surface area contributed by atoms with Gasteiger partial charge in [-0.05, 0) is 62.1 Å². The average molecular weight is 340 g/mol. The van der Waals surface area contributed by atoms with E-state index in [9.17, 15) is 9.18 Å². The summed E-state index contributed by atoms with van der Waals surface area (Å²) in [6.45, 7) is 2.08. The second-order valence-corrected chi connectivity index (χ2v) is 7.17. The van der Waals surface area contributed by atoms with Crippen molar-refractivity contribution in [1.82, 2.24) is 5.32 Å². The van der Waals surface area contributed by atoms with Crippen LogP contribution in [-0.4, -0.2) is 11.9 Å². The van der Waals surface area contributed by atoms with Gasteiger partial charge in [-0.25, -0.2) is 4.39 Å². The molecule has 2 saturated carbocycles. The molecule has 4 atom stereocenters. The number of carbonyl (C=O) groups excluding carboxylic acids is 1. The maximum atomic E-state index is 13.3. The molecule has 1 N–H and O–H groups in total. The predicted octanol–water partition coefficient (Wildman–Crippen LogP) is 4.14. The second kappa shape index (κ2) is 5.47. The van der Waals surface area contributed by atoms with Gasteiger partial charge in [-0.1, -0.05) is 22.4 Å². The zero-order valence-electron chi connectivity index (χ0n) is 11.5. The summed E-state index contributed by atoms with van der Waals surface area (Å²) >= 11 is 3.22. The summed E-state index contributed by atoms with van der Waals surface area (Å²) in [5.41, 5.74) is 0.381. The Morgan fingerprint density at radius 3 is 2.75 bits per heavy atom. The van der Waals surface area contributed by atoms with Crippen LogP contribution in [0.25, 0.3) is 0 Å². The average Bonchev–Trinajstić information content (AvgIpc) is 2.99. The van der Waals surface area contributed by atoms with Crippen LogP contribution in [0.3, 0.4) is 0 Å². The lowest BCUT2D eigenvalue weighted by molar-refractivity contribution is 0.0915. The van der Waals surface area contributed by atoms with Crippen LogP contribution in [0.5, 0.6) is 0 Å². The number of amides is 1. The number of carbonyl (C=O) groups is 1. The van der Waals surface area contributed by atoms with Crippen molar-refractivity contribution in [1.29, 1.82) is 0 Å². The molecule has 2 aliphatic rings. The van der Waals surface area contributed by atoms with Crippen molar-refractivity contribution in [3.05, 3.63) is 34.1 Å². The lowest BCUT2D eigenvalue weighted by atomic mass is 9.84. The molecule has 4 heteroatoms.